The Bertz CT molecular complexity index is 322. The van der Waals surface area contributed by atoms with Gasteiger partial charge in [0.05, 0.1) is 13.7 Å². The van der Waals surface area contributed by atoms with Crippen molar-refractivity contribution in [1.29, 1.82) is 0 Å². The zero-order valence-corrected chi connectivity index (χ0v) is 10.6. The minimum atomic E-state index is -1.61. The van der Waals surface area contributed by atoms with E-state index in [0.29, 0.717) is 0 Å². The molecule has 1 N–H and O–H groups in total. The summed E-state index contributed by atoms with van der Waals surface area (Å²) < 4.78 is 9.65. The first-order valence-electron chi connectivity index (χ1n) is 5.47. The number of β-amino-alcohol motifs (C(OH)–C–C–N with tert-alkyl or cyclic N) is 1. The molecule has 6 nitrogen and oxygen atoms in total. The van der Waals surface area contributed by atoms with E-state index in [9.17, 15) is 14.7 Å². The summed E-state index contributed by atoms with van der Waals surface area (Å²) in [7, 11) is 1.20. The van der Waals surface area contributed by atoms with Crippen LogP contribution in [0, 0.1) is 0 Å². The van der Waals surface area contributed by atoms with Crippen LogP contribution in [0.25, 0.3) is 0 Å². The van der Waals surface area contributed by atoms with E-state index in [1.165, 1.54) is 12.0 Å². The molecule has 1 saturated heterocycles. The van der Waals surface area contributed by atoms with Crippen molar-refractivity contribution in [2.45, 2.75) is 38.4 Å². The van der Waals surface area contributed by atoms with Crippen LogP contribution in [0.15, 0.2) is 0 Å². The first-order chi connectivity index (χ1) is 7.68. The van der Waals surface area contributed by atoms with Gasteiger partial charge in [-0.3, -0.25) is 0 Å². The summed E-state index contributed by atoms with van der Waals surface area (Å²) in [5.74, 6) is -0.719. The van der Waals surface area contributed by atoms with E-state index in [1.54, 1.807) is 20.8 Å². The average molecular weight is 245 g/mol. The molecule has 17 heavy (non-hydrogen) atoms. The van der Waals surface area contributed by atoms with Crippen LogP contribution >= 0.6 is 0 Å². The summed E-state index contributed by atoms with van der Waals surface area (Å²) in [4.78, 5) is 24.3. The van der Waals surface area contributed by atoms with Crippen molar-refractivity contribution in [3.63, 3.8) is 0 Å². The quantitative estimate of drug-likeness (QED) is 0.682. The van der Waals surface area contributed by atoms with E-state index in [0.717, 1.165) is 0 Å². The number of carbonyl (C=O) groups excluding carboxylic acids is 2. The molecule has 1 rings (SSSR count). The highest BCUT2D eigenvalue weighted by atomic mass is 16.6. The van der Waals surface area contributed by atoms with E-state index in [1.807, 2.05) is 0 Å². The monoisotopic (exact) mass is 245 g/mol. The van der Waals surface area contributed by atoms with Crippen molar-refractivity contribution >= 4 is 12.1 Å². The Labute approximate surface area is 100 Å². The van der Waals surface area contributed by atoms with Crippen LogP contribution in [0.2, 0.25) is 0 Å². The summed E-state index contributed by atoms with van der Waals surface area (Å²) in [6.07, 6.45) is -0.365. The Morgan fingerprint density at radius 1 is 1.35 bits per heavy atom. The van der Waals surface area contributed by atoms with Crippen LogP contribution in [0.3, 0.4) is 0 Å². The largest absolute Gasteiger partial charge is 0.467 e. The number of methoxy groups -OCH3 is 1. The normalized spacial score (nSPS) is 24.6. The molecular formula is C11H19NO5. The minimum absolute atomic E-state index is 0.0887. The van der Waals surface area contributed by atoms with Gasteiger partial charge in [-0.15, -0.1) is 0 Å². The smallest absolute Gasteiger partial charge is 0.410 e. The van der Waals surface area contributed by atoms with Crippen LogP contribution in [-0.4, -0.2) is 53.5 Å². The zero-order valence-electron chi connectivity index (χ0n) is 10.6. The van der Waals surface area contributed by atoms with Gasteiger partial charge in [0.15, 0.2) is 5.60 Å². The molecule has 1 amide bonds. The molecule has 1 aliphatic heterocycles. The van der Waals surface area contributed by atoms with Crippen molar-refractivity contribution in [2.24, 2.45) is 0 Å². The van der Waals surface area contributed by atoms with Crippen LogP contribution < -0.4 is 0 Å². The van der Waals surface area contributed by atoms with Crippen molar-refractivity contribution < 1.29 is 24.2 Å². The fraction of sp³-hybridized carbons (Fsp3) is 0.818. The van der Waals surface area contributed by atoms with Crippen LogP contribution in [0.4, 0.5) is 4.79 Å². The highest BCUT2D eigenvalue weighted by Crippen LogP contribution is 2.24. The van der Waals surface area contributed by atoms with Crippen LogP contribution in [0.5, 0.6) is 0 Å². The predicted octanol–water partition coefficient (Wildman–Crippen LogP) is 0.531. The second kappa shape index (κ2) is 4.52. The Kier molecular flexibility index (Phi) is 3.66. The van der Waals surface area contributed by atoms with Crippen molar-refractivity contribution in [3.8, 4) is 0 Å². The fourth-order valence-electron chi connectivity index (χ4n) is 1.63. The second-order valence-electron chi connectivity index (χ2n) is 5.18. The molecule has 98 valence electrons. The summed E-state index contributed by atoms with van der Waals surface area (Å²) in [5, 5.41) is 9.95. The number of carbonyl (C=O) groups is 2. The Morgan fingerprint density at radius 2 is 1.94 bits per heavy atom. The van der Waals surface area contributed by atoms with Crippen molar-refractivity contribution in [2.75, 3.05) is 20.2 Å². The molecule has 0 aromatic rings. The van der Waals surface area contributed by atoms with E-state index in [-0.39, 0.29) is 19.5 Å². The van der Waals surface area contributed by atoms with E-state index in [2.05, 4.69) is 4.74 Å². The number of rotatable bonds is 1. The third-order valence-electron chi connectivity index (χ3n) is 2.46. The van der Waals surface area contributed by atoms with E-state index < -0.39 is 23.3 Å². The van der Waals surface area contributed by atoms with E-state index in [4.69, 9.17) is 4.74 Å². The first-order valence-corrected chi connectivity index (χ1v) is 5.47. The lowest BCUT2D eigenvalue weighted by molar-refractivity contribution is -0.160. The number of ether oxygens (including phenoxy) is 2. The number of amides is 1. The molecule has 1 unspecified atom stereocenters. The number of aliphatic hydroxyl groups is 1. The Balaban J connectivity index is 2.62. The second-order valence-corrected chi connectivity index (χ2v) is 5.18. The van der Waals surface area contributed by atoms with Crippen LogP contribution in [0.1, 0.15) is 27.2 Å². The van der Waals surface area contributed by atoms with Gasteiger partial charge in [-0.05, 0) is 20.8 Å². The average Bonchev–Trinajstić information content (AvgIpc) is 2.58. The minimum Gasteiger partial charge on any atom is -0.467 e. The van der Waals surface area contributed by atoms with Gasteiger partial charge in [-0.2, -0.15) is 0 Å². The Morgan fingerprint density at radius 3 is 2.41 bits per heavy atom. The molecule has 0 aromatic carbocycles. The van der Waals surface area contributed by atoms with Gasteiger partial charge in [0.25, 0.3) is 0 Å². The third kappa shape index (κ3) is 3.33. The molecule has 0 spiro atoms. The maximum absolute atomic E-state index is 11.7. The summed E-state index contributed by atoms with van der Waals surface area (Å²) >= 11 is 0. The maximum Gasteiger partial charge on any atom is 0.410 e. The number of hydrogen-bond donors (Lipinski definition) is 1. The zero-order chi connectivity index (χ0) is 13.3. The highest BCUT2D eigenvalue weighted by molar-refractivity contribution is 5.81. The molecule has 1 heterocycles. The molecular weight excluding hydrogens is 226 g/mol. The molecule has 0 saturated carbocycles. The lowest BCUT2D eigenvalue weighted by Gasteiger charge is -2.25. The lowest BCUT2D eigenvalue weighted by atomic mass is 10.0. The standard InChI is InChI=1S/C11H19NO5/c1-10(2,3)17-9(14)12-6-5-11(15,7-12)8(13)16-4/h15H,5-7H2,1-4H3. The topological polar surface area (TPSA) is 76.1 Å². The van der Waals surface area contributed by atoms with Gasteiger partial charge in [0.2, 0.25) is 0 Å². The number of esters is 1. The van der Waals surface area contributed by atoms with E-state index >= 15 is 0 Å². The molecule has 1 fully saturated rings. The van der Waals surface area contributed by atoms with Crippen LogP contribution in [-0.2, 0) is 14.3 Å². The molecule has 0 aromatic heterocycles. The summed E-state index contributed by atoms with van der Waals surface area (Å²) in [6, 6.07) is 0. The summed E-state index contributed by atoms with van der Waals surface area (Å²) in [5.41, 5.74) is -2.20. The molecule has 0 radical (unpaired) electrons. The number of nitrogens with zero attached hydrogens (tertiary/aromatic N) is 1. The predicted molar refractivity (Wildman–Crippen MR) is 59.4 cm³/mol. The SMILES string of the molecule is COC(=O)C1(O)CCN(C(=O)OC(C)(C)C)C1. The highest BCUT2D eigenvalue weighted by Gasteiger charge is 2.46. The van der Waals surface area contributed by atoms with Gasteiger partial charge in [0, 0.05) is 13.0 Å². The van der Waals surface area contributed by atoms with Crippen molar-refractivity contribution in [3.05, 3.63) is 0 Å². The number of likely N-dealkylation sites (tertiary alicyclic amines) is 1. The molecule has 1 atom stereocenters. The first kappa shape index (κ1) is 13.8. The molecule has 6 heteroatoms. The molecule has 0 bridgehead atoms. The summed E-state index contributed by atoms with van der Waals surface area (Å²) in [6.45, 7) is 5.46. The fourth-order valence-corrected chi connectivity index (χ4v) is 1.63. The maximum atomic E-state index is 11.7. The van der Waals surface area contributed by atoms with Gasteiger partial charge in [0.1, 0.15) is 5.60 Å². The van der Waals surface area contributed by atoms with Gasteiger partial charge < -0.3 is 19.5 Å². The lowest BCUT2D eigenvalue weighted by Crippen LogP contribution is -2.44. The third-order valence-corrected chi connectivity index (χ3v) is 2.46. The van der Waals surface area contributed by atoms with Gasteiger partial charge >= 0.3 is 12.1 Å². The molecule has 0 aliphatic carbocycles. The Hall–Kier alpha value is -1.30. The number of hydrogen-bond acceptors (Lipinski definition) is 5. The van der Waals surface area contributed by atoms with Gasteiger partial charge in [-0.1, -0.05) is 0 Å². The van der Waals surface area contributed by atoms with Crippen molar-refractivity contribution in [1.82, 2.24) is 4.90 Å². The molecule has 1 aliphatic rings. The van der Waals surface area contributed by atoms with Gasteiger partial charge in [-0.25, -0.2) is 9.59 Å².